The minimum atomic E-state index is -0.364. The number of carbonyl (C=O) groups excluding carboxylic acids is 2. The van der Waals surface area contributed by atoms with Gasteiger partial charge in [0.25, 0.3) is 0 Å². The molecule has 2 amide bonds. The zero-order chi connectivity index (χ0) is 16.7. The first-order valence-electron chi connectivity index (χ1n) is 8.52. The van der Waals surface area contributed by atoms with Gasteiger partial charge in [-0.2, -0.15) is 0 Å². The summed E-state index contributed by atoms with van der Waals surface area (Å²) in [6, 6.07) is 0. The van der Waals surface area contributed by atoms with Crippen molar-refractivity contribution in [3.05, 3.63) is 0 Å². The van der Waals surface area contributed by atoms with E-state index in [9.17, 15) is 9.59 Å². The lowest BCUT2D eigenvalue weighted by atomic mass is 9.98. The number of hydrogen-bond donors (Lipinski definition) is 1. The molecule has 0 aromatic heterocycles. The van der Waals surface area contributed by atoms with E-state index in [4.69, 9.17) is 15.2 Å². The molecule has 2 rings (SSSR count). The molecule has 23 heavy (non-hydrogen) atoms. The van der Waals surface area contributed by atoms with Gasteiger partial charge in [0.2, 0.25) is 11.8 Å². The fourth-order valence-electron chi connectivity index (χ4n) is 3.25. The highest BCUT2D eigenvalue weighted by atomic mass is 16.5. The summed E-state index contributed by atoms with van der Waals surface area (Å²) in [6.45, 7) is 2.59. The summed E-state index contributed by atoms with van der Waals surface area (Å²) in [7, 11) is 1.82. The number of morpholine rings is 1. The number of likely N-dealkylation sites (N-methyl/N-ethyl adjacent to an activating group) is 1. The highest BCUT2D eigenvalue weighted by Crippen LogP contribution is 2.20. The zero-order valence-corrected chi connectivity index (χ0v) is 14.0. The molecule has 1 heterocycles. The second-order valence-corrected chi connectivity index (χ2v) is 6.57. The van der Waals surface area contributed by atoms with Crippen LogP contribution in [-0.4, -0.2) is 80.3 Å². The predicted octanol–water partition coefficient (Wildman–Crippen LogP) is -0.0198. The Hall–Kier alpha value is -1.18. The Labute approximate surface area is 138 Å². The van der Waals surface area contributed by atoms with Gasteiger partial charge in [0.1, 0.15) is 6.61 Å². The third kappa shape index (κ3) is 6.45. The summed E-state index contributed by atoms with van der Waals surface area (Å²) in [5.74, 6) is -0.335. The highest BCUT2D eigenvalue weighted by Gasteiger charge is 2.26. The van der Waals surface area contributed by atoms with Crippen LogP contribution in [0.2, 0.25) is 0 Å². The quantitative estimate of drug-likeness (QED) is 0.710. The van der Waals surface area contributed by atoms with Gasteiger partial charge >= 0.3 is 0 Å². The molecule has 132 valence electrons. The van der Waals surface area contributed by atoms with Crippen LogP contribution in [0, 0.1) is 0 Å². The normalized spacial score (nSPS) is 23.2. The Kier molecular flexibility index (Phi) is 7.26. The molecule has 2 aliphatic rings. The standard InChI is InChI=1S/C16H29N3O4/c1-18(11-15(17)20)9-14-10-19(7-8-22-14)16(21)12-23-13-5-3-2-4-6-13/h13-14H,2-12H2,1H3,(H2,17,20). The third-order valence-electron chi connectivity index (χ3n) is 4.43. The topological polar surface area (TPSA) is 85.1 Å². The second-order valence-electron chi connectivity index (χ2n) is 6.57. The predicted molar refractivity (Wildman–Crippen MR) is 85.8 cm³/mol. The molecule has 2 N–H and O–H groups in total. The maximum absolute atomic E-state index is 12.3. The second kappa shape index (κ2) is 9.20. The van der Waals surface area contributed by atoms with Gasteiger partial charge in [-0.1, -0.05) is 19.3 Å². The van der Waals surface area contributed by atoms with E-state index in [-0.39, 0.29) is 37.2 Å². The van der Waals surface area contributed by atoms with Crippen molar-refractivity contribution in [1.29, 1.82) is 0 Å². The Morgan fingerprint density at radius 2 is 2.04 bits per heavy atom. The first-order chi connectivity index (χ1) is 11.0. The van der Waals surface area contributed by atoms with Crippen LogP contribution in [0.3, 0.4) is 0 Å². The van der Waals surface area contributed by atoms with Crippen LogP contribution >= 0.6 is 0 Å². The van der Waals surface area contributed by atoms with E-state index in [0.717, 1.165) is 12.8 Å². The number of carbonyl (C=O) groups is 2. The third-order valence-corrected chi connectivity index (χ3v) is 4.43. The molecule has 0 aromatic carbocycles. The minimum absolute atomic E-state index is 0.0291. The molecule has 0 radical (unpaired) electrons. The van der Waals surface area contributed by atoms with Gasteiger partial charge in [-0.25, -0.2) is 0 Å². The van der Waals surface area contributed by atoms with E-state index in [1.54, 1.807) is 4.90 Å². The smallest absolute Gasteiger partial charge is 0.248 e. The van der Waals surface area contributed by atoms with E-state index >= 15 is 0 Å². The molecule has 7 nitrogen and oxygen atoms in total. The Morgan fingerprint density at radius 3 is 2.74 bits per heavy atom. The minimum Gasteiger partial charge on any atom is -0.373 e. The number of nitrogens with zero attached hydrogens (tertiary/aromatic N) is 2. The van der Waals surface area contributed by atoms with Crippen molar-refractivity contribution in [3.63, 3.8) is 0 Å². The summed E-state index contributed by atoms with van der Waals surface area (Å²) in [4.78, 5) is 26.8. The lowest BCUT2D eigenvalue weighted by molar-refractivity contribution is -0.147. The van der Waals surface area contributed by atoms with Crippen LogP contribution in [0.4, 0.5) is 0 Å². The number of ether oxygens (including phenoxy) is 2. The van der Waals surface area contributed by atoms with Gasteiger partial charge in [-0.15, -0.1) is 0 Å². The van der Waals surface area contributed by atoms with Crippen LogP contribution < -0.4 is 5.73 Å². The molecule has 2 fully saturated rings. The number of hydrogen-bond acceptors (Lipinski definition) is 5. The van der Waals surface area contributed by atoms with Crippen LogP contribution in [-0.2, 0) is 19.1 Å². The van der Waals surface area contributed by atoms with Crippen LogP contribution in [0.1, 0.15) is 32.1 Å². The molecule has 1 saturated carbocycles. The highest BCUT2D eigenvalue weighted by molar-refractivity contribution is 5.77. The van der Waals surface area contributed by atoms with Gasteiger partial charge in [-0.3, -0.25) is 14.5 Å². The van der Waals surface area contributed by atoms with Gasteiger partial charge in [0.05, 0.1) is 25.4 Å². The van der Waals surface area contributed by atoms with Crippen molar-refractivity contribution in [2.75, 3.05) is 46.4 Å². The summed E-state index contributed by atoms with van der Waals surface area (Å²) >= 11 is 0. The average Bonchev–Trinajstić information content (AvgIpc) is 2.53. The van der Waals surface area contributed by atoms with E-state index < -0.39 is 0 Å². The van der Waals surface area contributed by atoms with E-state index in [2.05, 4.69) is 0 Å². The maximum Gasteiger partial charge on any atom is 0.248 e. The first kappa shape index (κ1) is 18.2. The summed E-state index contributed by atoms with van der Waals surface area (Å²) in [5, 5.41) is 0. The molecule has 1 aliphatic carbocycles. The molecule has 0 aromatic rings. The van der Waals surface area contributed by atoms with Crippen molar-refractivity contribution in [3.8, 4) is 0 Å². The van der Waals surface area contributed by atoms with Crippen LogP contribution in [0.25, 0.3) is 0 Å². The molecule has 1 saturated heterocycles. The molecule has 1 atom stereocenters. The van der Waals surface area contributed by atoms with E-state index in [1.165, 1.54) is 19.3 Å². The largest absolute Gasteiger partial charge is 0.373 e. The summed E-state index contributed by atoms with van der Waals surface area (Å²) < 4.78 is 11.4. The lowest BCUT2D eigenvalue weighted by Gasteiger charge is -2.35. The first-order valence-corrected chi connectivity index (χ1v) is 8.52. The number of primary amides is 1. The molecular weight excluding hydrogens is 298 g/mol. The Bertz CT molecular complexity index is 399. The van der Waals surface area contributed by atoms with Gasteiger partial charge < -0.3 is 20.1 Å². The van der Waals surface area contributed by atoms with Crippen molar-refractivity contribution in [2.45, 2.75) is 44.3 Å². The van der Waals surface area contributed by atoms with Crippen molar-refractivity contribution >= 4 is 11.8 Å². The molecule has 1 aliphatic heterocycles. The molecule has 0 spiro atoms. The monoisotopic (exact) mass is 327 g/mol. The van der Waals surface area contributed by atoms with Crippen molar-refractivity contribution in [1.82, 2.24) is 9.80 Å². The fourth-order valence-corrected chi connectivity index (χ4v) is 3.25. The molecule has 1 unspecified atom stereocenters. The number of rotatable bonds is 7. The van der Waals surface area contributed by atoms with Gasteiger partial charge in [0.15, 0.2) is 0 Å². The average molecular weight is 327 g/mol. The van der Waals surface area contributed by atoms with E-state index in [1.807, 2.05) is 11.9 Å². The number of amides is 2. The summed E-state index contributed by atoms with van der Waals surface area (Å²) in [5.41, 5.74) is 5.18. The Morgan fingerprint density at radius 1 is 1.30 bits per heavy atom. The SMILES string of the molecule is CN(CC(N)=O)CC1CN(C(=O)COC2CCCCC2)CCO1. The van der Waals surface area contributed by atoms with Crippen molar-refractivity contribution < 1.29 is 19.1 Å². The molecular formula is C16H29N3O4. The van der Waals surface area contributed by atoms with Gasteiger partial charge in [0, 0.05) is 19.6 Å². The number of nitrogens with two attached hydrogens (primary N) is 1. The van der Waals surface area contributed by atoms with Gasteiger partial charge in [-0.05, 0) is 19.9 Å². The zero-order valence-electron chi connectivity index (χ0n) is 14.0. The van der Waals surface area contributed by atoms with Crippen LogP contribution in [0.5, 0.6) is 0 Å². The van der Waals surface area contributed by atoms with Crippen LogP contribution in [0.15, 0.2) is 0 Å². The van der Waals surface area contributed by atoms with E-state index in [0.29, 0.717) is 26.2 Å². The maximum atomic E-state index is 12.3. The molecule has 7 heteroatoms. The molecule has 0 bridgehead atoms. The lowest BCUT2D eigenvalue weighted by Crippen LogP contribution is -2.51. The fraction of sp³-hybridized carbons (Fsp3) is 0.875. The van der Waals surface area contributed by atoms with Crippen molar-refractivity contribution in [2.24, 2.45) is 5.73 Å². The summed E-state index contributed by atoms with van der Waals surface area (Å²) in [6.07, 6.45) is 5.96. The Balaban J connectivity index is 1.71.